The summed E-state index contributed by atoms with van der Waals surface area (Å²) in [6.45, 7) is 7.02. The first-order chi connectivity index (χ1) is 11.2. The summed E-state index contributed by atoms with van der Waals surface area (Å²) < 4.78 is 5.47. The van der Waals surface area contributed by atoms with Gasteiger partial charge in [0.15, 0.2) is 0 Å². The maximum Gasteiger partial charge on any atom is 0.119 e. The zero-order valence-electron chi connectivity index (χ0n) is 14.5. The van der Waals surface area contributed by atoms with Gasteiger partial charge in [-0.15, -0.1) is 0 Å². The van der Waals surface area contributed by atoms with Crippen molar-refractivity contribution in [3.05, 3.63) is 42.5 Å². The molecule has 0 amide bonds. The lowest BCUT2D eigenvalue weighted by molar-refractivity contribution is 0.415. The molecule has 0 unspecified atom stereocenters. The van der Waals surface area contributed by atoms with Crippen LogP contribution >= 0.6 is 0 Å². The van der Waals surface area contributed by atoms with Gasteiger partial charge in [-0.25, -0.2) is 0 Å². The van der Waals surface area contributed by atoms with Crippen molar-refractivity contribution >= 4 is 35.1 Å². The van der Waals surface area contributed by atoms with Crippen molar-refractivity contribution in [2.24, 2.45) is 0 Å². The van der Waals surface area contributed by atoms with Gasteiger partial charge in [0.05, 0.1) is 12.6 Å². The second-order valence-corrected chi connectivity index (χ2v) is 11.4. The van der Waals surface area contributed by atoms with E-state index in [1.54, 1.807) is 7.11 Å². The van der Waals surface area contributed by atoms with Crippen LogP contribution in [0.2, 0.25) is 18.1 Å². The predicted molar refractivity (Wildman–Crippen MR) is 103 cm³/mol. The van der Waals surface area contributed by atoms with E-state index in [9.17, 15) is 0 Å². The van der Waals surface area contributed by atoms with Gasteiger partial charge in [-0.3, -0.25) is 4.98 Å². The van der Waals surface area contributed by atoms with E-state index in [1.807, 2.05) is 0 Å². The molecule has 0 bridgehead atoms. The fourth-order valence-electron chi connectivity index (χ4n) is 3.72. The molecular weight excluding hydrogens is 298 g/mol. The van der Waals surface area contributed by atoms with Gasteiger partial charge >= 0.3 is 0 Å². The number of fused-ring (bicyclic) bond motifs is 3. The van der Waals surface area contributed by atoms with E-state index in [0.29, 0.717) is 0 Å². The van der Waals surface area contributed by atoms with Crippen molar-refractivity contribution in [2.75, 3.05) is 7.11 Å². The minimum absolute atomic E-state index is 0.913. The second kappa shape index (κ2) is 6.32. The number of pyridine rings is 1. The Balaban J connectivity index is 2.45. The van der Waals surface area contributed by atoms with E-state index in [0.717, 1.165) is 11.3 Å². The molecule has 3 aromatic rings. The van der Waals surface area contributed by atoms with Crippen LogP contribution < -0.4 is 10.1 Å². The molecular formula is C20H25NOSi. The van der Waals surface area contributed by atoms with E-state index >= 15 is 0 Å². The zero-order chi connectivity index (χ0) is 16.4. The zero-order valence-corrected chi connectivity index (χ0v) is 15.5. The quantitative estimate of drug-likeness (QED) is 0.481. The fraction of sp³-hybridized carbons (Fsp3) is 0.350. The number of ether oxygens (including phenoxy) is 1. The molecule has 3 rings (SSSR count). The van der Waals surface area contributed by atoms with Crippen LogP contribution in [0.5, 0.6) is 5.75 Å². The van der Waals surface area contributed by atoms with E-state index in [2.05, 4.69) is 63.2 Å². The highest BCUT2D eigenvalue weighted by molar-refractivity contribution is 6.92. The van der Waals surface area contributed by atoms with Crippen molar-refractivity contribution in [3.63, 3.8) is 0 Å². The summed E-state index contributed by atoms with van der Waals surface area (Å²) >= 11 is 0. The summed E-state index contributed by atoms with van der Waals surface area (Å²) in [5.74, 6) is 0.913. The van der Waals surface area contributed by atoms with Crippen LogP contribution in [0.25, 0.3) is 21.7 Å². The second-order valence-electron chi connectivity index (χ2n) is 6.23. The number of hydrogen-bond acceptors (Lipinski definition) is 2. The number of aromatic nitrogens is 1. The number of benzene rings is 2. The third-order valence-electron chi connectivity index (χ3n) is 5.44. The lowest BCUT2D eigenvalue weighted by Crippen LogP contribution is -2.48. The molecule has 120 valence electrons. The first-order valence-electron chi connectivity index (χ1n) is 8.56. The van der Waals surface area contributed by atoms with Crippen LogP contribution in [0.1, 0.15) is 20.8 Å². The summed E-state index contributed by atoms with van der Waals surface area (Å²) in [6, 6.07) is 18.7. The number of hydrogen-bond donors (Lipinski definition) is 0. The van der Waals surface area contributed by atoms with Crippen molar-refractivity contribution < 1.29 is 4.74 Å². The summed E-state index contributed by atoms with van der Waals surface area (Å²) in [4.78, 5) is 5.16. The standard InChI is InChI=1S/C20H25NOSi/c1-5-23(6-2,7-3)20-17-13-12-15(22-4)14-18(17)16-10-8-9-11-19(16)21-20/h8-14H,5-7H2,1-4H3. The Morgan fingerprint density at radius 2 is 1.57 bits per heavy atom. The number of methoxy groups -OCH3 is 1. The maximum atomic E-state index is 5.47. The molecule has 3 heteroatoms. The number of para-hydroxylation sites is 1. The van der Waals surface area contributed by atoms with E-state index in [1.165, 1.54) is 39.6 Å². The normalized spacial score (nSPS) is 12.0. The molecule has 0 aliphatic carbocycles. The van der Waals surface area contributed by atoms with Crippen LogP contribution in [-0.4, -0.2) is 20.2 Å². The SMILES string of the molecule is CC[Si](CC)(CC)c1nc2ccccc2c2cc(OC)ccc12. The minimum atomic E-state index is -1.55. The van der Waals surface area contributed by atoms with Gasteiger partial charge in [0.25, 0.3) is 0 Å². The average Bonchev–Trinajstić information content (AvgIpc) is 2.63. The third-order valence-corrected chi connectivity index (χ3v) is 10.9. The number of rotatable bonds is 5. The molecule has 0 atom stereocenters. The Morgan fingerprint density at radius 1 is 0.870 bits per heavy atom. The van der Waals surface area contributed by atoms with Gasteiger partial charge in [-0.2, -0.15) is 0 Å². The Hall–Kier alpha value is -1.87. The van der Waals surface area contributed by atoms with Gasteiger partial charge in [-0.05, 0) is 35.0 Å². The lowest BCUT2D eigenvalue weighted by Gasteiger charge is -2.29. The molecule has 0 saturated carbocycles. The molecule has 0 aliphatic heterocycles. The Labute approximate surface area is 139 Å². The first-order valence-corrected chi connectivity index (χ1v) is 11.2. The van der Waals surface area contributed by atoms with Gasteiger partial charge in [0.1, 0.15) is 13.8 Å². The molecule has 0 spiro atoms. The molecule has 2 aromatic carbocycles. The molecule has 0 aliphatic rings. The van der Waals surface area contributed by atoms with E-state index in [-0.39, 0.29) is 0 Å². The molecule has 0 N–H and O–H groups in total. The largest absolute Gasteiger partial charge is 0.497 e. The van der Waals surface area contributed by atoms with Crippen molar-refractivity contribution in [3.8, 4) is 5.75 Å². The van der Waals surface area contributed by atoms with E-state index in [4.69, 9.17) is 9.72 Å². The average molecular weight is 324 g/mol. The molecule has 1 heterocycles. The highest BCUT2D eigenvalue weighted by Gasteiger charge is 2.33. The number of nitrogens with zero attached hydrogens (tertiary/aromatic N) is 1. The minimum Gasteiger partial charge on any atom is -0.497 e. The van der Waals surface area contributed by atoms with Crippen molar-refractivity contribution in [2.45, 2.75) is 38.9 Å². The fourth-order valence-corrected chi connectivity index (χ4v) is 7.37. The van der Waals surface area contributed by atoms with Crippen LogP contribution in [0.15, 0.2) is 42.5 Å². The molecule has 0 radical (unpaired) electrons. The Kier molecular flexibility index (Phi) is 4.40. The van der Waals surface area contributed by atoms with Crippen LogP contribution in [-0.2, 0) is 0 Å². The highest BCUT2D eigenvalue weighted by Crippen LogP contribution is 2.30. The molecule has 1 aromatic heterocycles. The molecule has 0 fully saturated rings. The lowest BCUT2D eigenvalue weighted by atomic mass is 10.1. The monoisotopic (exact) mass is 323 g/mol. The first kappa shape index (κ1) is 16.0. The molecule has 2 nitrogen and oxygen atoms in total. The summed E-state index contributed by atoms with van der Waals surface area (Å²) in [7, 11) is 0.176. The Bertz CT molecular complexity index is 831. The maximum absolute atomic E-state index is 5.47. The predicted octanol–water partition coefficient (Wildman–Crippen LogP) is 5.11. The van der Waals surface area contributed by atoms with Gasteiger partial charge in [0, 0.05) is 10.7 Å². The van der Waals surface area contributed by atoms with Gasteiger partial charge < -0.3 is 4.74 Å². The summed E-state index contributed by atoms with van der Waals surface area (Å²) in [5, 5.41) is 5.19. The van der Waals surface area contributed by atoms with Crippen LogP contribution in [0.4, 0.5) is 0 Å². The van der Waals surface area contributed by atoms with E-state index < -0.39 is 8.07 Å². The van der Waals surface area contributed by atoms with Crippen molar-refractivity contribution in [1.29, 1.82) is 0 Å². The third kappa shape index (κ3) is 2.53. The Morgan fingerprint density at radius 3 is 2.22 bits per heavy atom. The van der Waals surface area contributed by atoms with Crippen LogP contribution in [0.3, 0.4) is 0 Å². The van der Waals surface area contributed by atoms with Gasteiger partial charge in [0.2, 0.25) is 0 Å². The molecule has 23 heavy (non-hydrogen) atoms. The summed E-state index contributed by atoms with van der Waals surface area (Å²) in [5.41, 5.74) is 1.11. The van der Waals surface area contributed by atoms with Crippen molar-refractivity contribution in [1.82, 2.24) is 4.98 Å². The summed E-state index contributed by atoms with van der Waals surface area (Å²) in [6.07, 6.45) is 0. The topological polar surface area (TPSA) is 22.1 Å². The highest BCUT2D eigenvalue weighted by atomic mass is 28.3. The molecule has 0 saturated heterocycles. The van der Waals surface area contributed by atoms with Gasteiger partial charge in [-0.1, -0.05) is 57.1 Å². The smallest absolute Gasteiger partial charge is 0.119 e. The van der Waals surface area contributed by atoms with Crippen LogP contribution in [0, 0.1) is 0 Å².